The van der Waals surface area contributed by atoms with Crippen molar-refractivity contribution in [1.29, 1.82) is 0 Å². The number of carbonyl (C=O) groups is 1. The van der Waals surface area contributed by atoms with Crippen LogP contribution < -0.4 is 15.5 Å². The zero-order valence-electron chi connectivity index (χ0n) is 15.3. The van der Waals surface area contributed by atoms with Crippen molar-refractivity contribution in [2.75, 3.05) is 74.1 Å². The highest BCUT2D eigenvalue weighted by atomic mass is 16.5. The Morgan fingerprint density at radius 3 is 2.27 bits per heavy atom. The van der Waals surface area contributed by atoms with E-state index in [0.29, 0.717) is 0 Å². The Labute approximate surface area is 136 Å². The summed E-state index contributed by atoms with van der Waals surface area (Å²) < 4.78 is 6.47. The molecule has 6 nitrogen and oxygen atoms in total. The minimum atomic E-state index is -0.0506. The van der Waals surface area contributed by atoms with Crippen molar-refractivity contribution < 1.29 is 18.9 Å². The van der Waals surface area contributed by atoms with E-state index in [-0.39, 0.29) is 6.03 Å². The van der Waals surface area contributed by atoms with Crippen molar-refractivity contribution in [1.82, 2.24) is 10.6 Å². The molecule has 0 aromatic rings. The van der Waals surface area contributed by atoms with Crippen molar-refractivity contribution in [3.63, 3.8) is 0 Å². The second-order valence-electron chi connectivity index (χ2n) is 6.84. The lowest BCUT2D eigenvalue weighted by molar-refractivity contribution is -0.890. The van der Waals surface area contributed by atoms with Crippen LogP contribution in [0, 0.1) is 0 Å². The van der Waals surface area contributed by atoms with E-state index >= 15 is 0 Å². The van der Waals surface area contributed by atoms with Crippen LogP contribution in [-0.2, 0) is 4.74 Å². The van der Waals surface area contributed by atoms with Crippen LogP contribution in [0.4, 0.5) is 4.79 Å². The van der Waals surface area contributed by atoms with Crippen LogP contribution in [0.1, 0.15) is 26.2 Å². The fourth-order valence-corrected chi connectivity index (χ4v) is 2.09. The number of hydrogen-bond donors (Lipinski definition) is 3. The lowest BCUT2D eigenvalue weighted by Crippen LogP contribution is -3.05. The van der Waals surface area contributed by atoms with Crippen molar-refractivity contribution in [2.24, 2.45) is 0 Å². The summed E-state index contributed by atoms with van der Waals surface area (Å²) in [4.78, 5) is 13.0. The molecule has 0 atom stereocenters. The third-order valence-electron chi connectivity index (χ3n) is 3.55. The Hall–Kier alpha value is -0.850. The van der Waals surface area contributed by atoms with Gasteiger partial charge in [0.1, 0.15) is 6.54 Å². The van der Waals surface area contributed by atoms with Crippen LogP contribution in [0.5, 0.6) is 0 Å². The van der Waals surface area contributed by atoms with Gasteiger partial charge in [0.25, 0.3) is 0 Å². The van der Waals surface area contributed by atoms with Gasteiger partial charge in [-0.25, -0.2) is 4.79 Å². The Kier molecular flexibility index (Phi) is 12.2. The molecule has 0 aliphatic rings. The molecule has 0 heterocycles. The smallest absolute Gasteiger partial charge is 0.314 e. The van der Waals surface area contributed by atoms with E-state index in [0.717, 1.165) is 69.7 Å². The molecule has 132 valence electrons. The molecule has 0 fully saturated rings. The largest absolute Gasteiger partial charge is 0.376 e. The highest BCUT2D eigenvalue weighted by Gasteiger charge is 2.14. The molecule has 0 saturated carbocycles. The van der Waals surface area contributed by atoms with E-state index in [4.69, 9.17) is 4.74 Å². The van der Waals surface area contributed by atoms with E-state index in [9.17, 15) is 4.79 Å². The molecule has 0 saturated heterocycles. The van der Waals surface area contributed by atoms with Crippen LogP contribution in [0.2, 0.25) is 0 Å². The molecular weight excluding hydrogens is 280 g/mol. The number of carbonyl (C=O) groups excluding carboxylic acids is 1. The van der Waals surface area contributed by atoms with Gasteiger partial charge in [0.2, 0.25) is 0 Å². The molecule has 0 aliphatic heterocycles. The van der Waals surface area contributed by atoms with Crippen LogP contribution >= 0.6 is 0 Å². The molecule has 0 aliphatic carbocycles. The first-order chi connectivity index (χ1) is 10.4. The molecule has 0 bridgehead atoms. The molecule has 0 spiro atoms. The van der Waals surface area contributed by atoms with Gasteiger partial charge >= 0.3 is 6.03 Å². The maximum absolute atomic E-state index is 11.6. The number of amides is 2. The molecule has 0 rings (SSSR count). The lowest BCUT2D eigenvalue weighted by atomic mass is 10.3. The predicted molar refractivity (Wildman–Crippen MR) is 91.3 cm³/mol. The maximum Gasteiger partial charge on any atom is 0.314 e. The Morgan fingerprint density at radius 2 is 1.68 bits per heavy atom. The third kappa shape index (κ3) is 14.1. The highest BCUT2D eigenvalue weighted by molar-refractivity contribution is 5.73. The summed E-state index contributed by atoms with van der Waals surface area (Å²) in [5.74, 6) is 0. The van der Waals surface area contributed by atoms with E-state index in [2.05, 4.69) is 45.7 Å². The summed E-state index contributed by atoms with van der Waals surface area (Å²) >= 11 is 0. The summed E-state index contributed by atoms with van der Waals surface area (Å²) in [6.07, 6.45) is 3.07. The average Bonchev–Trinajstić information content (AvgIpc) is 2.44. The molecule has 2 amide bonds. The van der Waals surface area contributed by atoms with Gasteiger partial charge in [0.05, 0.1) is 47.9 Å². The lowest BCUT2D eigenvalue weighted by Gasteiger charge is -2.29. The van der Waals surface area contributed by atoms with Gasteiger partial charge in [-0.3, -0.25) is 0 Å². The van der Waals surface area contributed by atoms with E-state index in [1.807, 2.05) is 0 Å². The second kappa shape index (κ2) is 12.7. The van der Waals surface area contributed by atoms with Crippen LogP contribution in [0.25, 0.3) is 0 Å². The summed E-state index contributed by atoms with van der Waals surface area (Å²) in [6.45, 7) is 8.37. The molecule has 3 N–H and O–H groups in total. The molecule has 0 radical (unpaired) electrons. The summed E-state index contributed by atoms with van der Waals surface area (Å²) in [5.41, 5.74) is 0. The van der Waals surface area contributed by atoms with Crippen molar-refractivity contribution >= 4 is 6.03 Å². The summed E-state index contributed by atoms with van der Waals surface area (Å²) in [6, 6.07) is -0.0506. The number of quaternary nitrogens is 2. The first-order valence-electron chi connectivity index (χ1n) is 8.58. The maximum atomic E-state index is 11.6. The molecule has 22 heavy (non-hydrogen) atoms. The Balaban J connectivity index is 3.54. The van der Waals surface area contributed by atoms with E-state index < -0.39 is 0 Å². The second-order valence-corrected chi connectivity index (χ2v) is 6.84. The fourth-order valence-electron chi connectivity index (χ4n) is 2.09. The predicted octanol–water partition coefficient (Wildman–Crippen LogP) is -0.287. The Morgan fingerprint density at radius 1 is 1.05 bits per heavy atom. The van der Waals surface area contributed by atoms with Gasteiger partial charge in [-0.1, -0.05) is 6.92 Å². The van der Waals surface area contributed by atoms with Gasteiger partial charge in [-0.05, 0) is 6.42 Å². The van der Waals surface area contributed by atoms with Crippen molar-refractivity contribution in [3.05, 3.63) is 0 Å². The number of hydrogen-bond acceptors (Lipinski definition) is 2. The molecular formula is C16H38N4O2+2. The third-order valence-corrected chi connectivity index (χ3v) is 3.55. The summed E-state index contributed by atoms with van der Waals surface area (Å²) in [7, 11) is 8.65. The SMILES string of the molecule is CCCOCC[N+](C)(C)CCCNC(=O)NCCC[NH+](C)C. The minimum absolute atomic E-state index is 0.0506. The van der Waals surface area contributed by atoms with E-state index in [1.54, 1.807) is 0 Å². The first-order valence-corrected chi connectivity index (χ1v) is 8.58. The van der Waals surface area contributed by atoms with E-state index in [1.165, 1.54) is 4.90 Å². The minimum Gasteiger partial charge on any atom is -0.376 e. The number of rotatable bonds is 13. The standard InChI is InChI=1S/C16H36N4O2/c1-6-14-22-15-13-20(4,5)12-8-10-18-16(21)17-9-7-11-19(2)3/h6-15H2,1-5H3,(H-,17,18,21)/p+2. The van der Waals surface area contributed by atoms with Gasteiger partial charge < -0.3 is 24.8 Å². The zero-order chi connectivity index (χ0) is 16.8. The van der Waals surface area contributed by atoms with Crippen LogP contribution in [0.3, 0.4) is 0 Å². The number of nitrogens with one attached hydrogen (secondary N) is 3. The van der Waals surface area contributed by atoms with Crippen LogP contribution in [-0.4, -0.2) is 84.6 Å². The average molecular weight is 319 g/mol. The monoisotopic (exact) mass is 318 g/mol. The number of likely N-dealkylation sites (N-methyl/N-ethyl adjacent to an activating group) is 1. The number of urea groups is 1. The molecule has 0 unspecified atom stereocenters. The zero-order valence-corrected chi connectivity index (χ0v) is 15.3. The molecule has 0 aromatic heterocycles. The van der Waals surface area contributed by atoms with Crippen molar-refractivity contribution in [3.8, 4) is 0 Å². The molecule has 6 heteroatoms. The number of nitrogens with zero attached hydrogens (tertiary/aromatic N) is 1. The normalized spacial score (nSPS) is 11.7. The van der Waals surface area contributed by atoms with Crippen molar-refractivity contribution in [2.45, 2.75) is 26.2 Å². The van der Waals surface area contributed by atoms with Gasteiger partial charge in [-0.2, -0.15) is 0 Å². The van der Waals surface area contributed by atoms with Crippen LogP contribution in [0.15, 0.2) is 0 Å². The van der Waals surface area contributed by atoms with Gasteiger partial charge in [0.15, 0.2) is 0 Å². The fraction of sp³-hybridized carbons (Fsp3) is 0.938. The molecule has 0 aromatic carbocycles. The topological polar surface area (TPSA) is 54.8 Å². The highest BCUT2D eigenvalue weighted by Crippen LogP contribution is 1.99. The quantitative estimate of drug-likeness (QED) is 0.323. The summed E-state index contributed by atoms with van der Waals surface area (Å²) in [5, 5.41) is 5.82. The van der Waals surface area contributed by atoms with Gasteiger partial charge in [0, 0.05) is 32.5 Å². The number of ether oxygens (including phenoxy) is 1. The Bertz CT molecular complexity index is 283. The first kappa shape index (κ1) is 21.1. The van der Waals surface area contributed by atoms with Gasteiger partial charge in [-0.15, -0.1) is 0 Å².